The molecule has 3 aromatic rings. The molecule has 0 saturated heterocycles. The maximum Gasteiger partial charge on any atom is 0.416 e. The summed E-state index contributed by atoms with van der Waals surface area (Å²) in [5, 5.41) is 1.88. The molecule has 13 heteroatoms. The van der Waals surface area contributed by atoms with Gasteiger partial charge in [0.1, 0.15) is 5.39 Å². The first-order valence-corrected chi connectivity index (χ1v) is 8.37. The number of carbonyl (C=O) groups is 1. The fourth-order valence-electron chi connectivity index (χ4n) is 2.87. The summed E-state index contributed by atoms with van der Waals surface area (Å²) in [4.78, 5) is 40.9. The van der Waals surface area contributed by atoms with Crippen molar-refractivity contribution in [2.24, 2.45) is 14.1 Å². The van der Waals surface area contributed by atoms with Gasteiger partial charge >= 0.3 is 18.0 Å². The number of hydrogen-bond donors (Lipinski definition) is 1. The van der Waals surface area contributed by atoms with Gasteiger partial charge in [0.05, 0.1) is 16.8 Å². The minimum atomic E-state index is -5.13. The van der Waals surface area contributed by atoms with Gasteiger partial charge in [-0.3, -0.25) is 18.7 Å². The molecule has 0 bridgehead atoms. The zero-order valence-electron chi connectivity index (χ0n) is 15.7. The van der Waals surface area contributed by atoms with Gasteiger partial charge in [-0.25, -0.2) is 9.78 Å². The highest BCUT2D eigenvalue weighted by molar-refractivity contribution is 6.08. The number of hydrogen-bond acceptors (Lipinski definition) is 4. The van der Waals surface area contributed by atoms with Crippen molar-refractivity contribution >= 4 is 22.6 Å². The van der Waals surface area contributed by atoms with E-state index in [1.54, 1.807) is 0 Å². The number of nitrogens with one attached hydrogen (secondary N) is 1. The minimum absolute atomic E-state index is 0.107. The number of aromatic nitrogens is 3. The molecule has 164 valence electrons. The van der Waals surface area contributed by atoms with Crippen LogP contribution in [0.4, 0.5) is 32.0 Å². The Kier molecular flexibility index (Phi) is 5.16. The van der Waals surface area contributed by atoms with Crippen molar-refractivity contribution in [2.45, 2.75) is 12.4 Å². The number of carbonyl (C=O) groups excluding carboxylic acids is 1. The SMILES string of the molecule is Cn1c(=O)c2c(NC(=O)c3cc(C(F)(F)F)cc(C(F)(F)F)c3)ccnc2n(C)c1=O. The number of benzene rings is 1. The summed E-state index contributed by atoms with van der Waals surface area (Å²) < 4.78 is 79.9. The van der Waals surface area contributed by atoms with E-state index in [2.05, 4.69) is 10.3 Å². The number of nitrogens with zero attached hydrogens (tertiary/aromatic N) is 3. The standard InChI is InChI=1S/C18H12F6N4O3/c1-27-13-12(15(30)28(2)16(27)31)11(3-4-25-13)26-14(29)8-5-9(17(19,20)21)7-10(6-8)18(22,23)24/h3-7H,1-2H3,(H,25,26,29). The Morgan fingerprint density at radius 1 is 0.935 bits per heavy atom. The molecule has 0 aliphatic heterocycles. The molecule has 0 saturated carbocycles. The summed E-state index contributed by atoms with van der Waals surface area (Å²) in [6, 6.07) is 1.55. The minimum Gasteiger partial charge on any atom is -0.321 e. The molecule has 7 nitrogen and oxygen atoms in total. The molecule has 0 aliphatic carbocycles. The molecular weight excluding hydrogens is 434 g/mol. The average molecular weight is 446 g/mol. The molecule has 1 aromatic carbocycles. The molecule has 31 heavy (non-hydrogen) atoms. The van der Waals surface area contributed by atoms with E-state index < -0.39 is 46.2 Å². The van der Waals surface area contributed by atoms with Crippen molar-refractivity contribution in [3.05, 3.63) is 68.0 Å². The maximum atomic E-state index is 13.0. The molecule has 2 aromatic heterocycles. The molecule has 0 unspecified atom stereocenters. The summed E-state index contributed by atoms with van der Waals surface area (Å²) in [6.07, 6.45) is -9.15. The van der Waals surface area contributed by atoms with Crippen LogP contribution in [-0.2, 0) is 26.4 Å². The summed E-state index contributed by atoms with van der Waals surface area (Å²) in [7, 11) is 2.45. The van der Waals surface area contributed by atoms with Crippen molar-refractivity contribution in [3.8, 4) is 0 Å². The lowest BCUT2D eigenvalue weighted by atomic mass is 10.0. The predicted octanol–water partition coefficient (Wildman–Crippen LogP) is 2.92. The van der Waals surface area contributed by atoms with Gasteiger partial charge in [0.15, 0.2) is 5.65 Å². The first-order valence-electron chi connectivity index (χ1n) is 8.37. The van der Waals surface area contributed by atoms with Gasteiger partial charge in [-0.05, 0) is 24.3 Å². The van der Waals surface area contributed by atoms with Crippen LogP contribution in [0, 0.1) is 0 Å². The molecule has 1 N–H and O–H groups in total. The van der Waals surface area contributed by atoms with Gasteiger partial charge in [0.2, 0.25) is 0 Å². The number of halogens is 6. The number of aryl methyl sites for hydroxylation is 1. The van der Waals surface area contributed by atoms with Crippen LogP contribution in [0.15, 0.2) is 40.1 Å². The Morgan fingerprint density at radius 2 is 1.48 bits per heavy atom. The molecule has 0 atom stereocenters. The van der Waals surface area contributed by atoms with E-state index in [1.807, 2.05) is 0 Å². The van der Waals surface area contributed by atoms with E-state index in [9.17, 15) is 40.7 Å². The second-order valence-electron chi connectivity index (χ2n) is 6.51. The second kappa shape index (κ2) is 7.25. The van der Waals surface area contributed by atoms with Crippen LogP contribution in [-0.4, -0.2) is 20.0 Å². The summed E-state index contributed by atoms with van der Waals surface area (Å²) >= 11 is 0. The van der Waals surface area contributed by atoms with Gasteiger partial charge in [-0.1, -0.05) is 0 Å². The summed E-state index contributed by atoms with van der Waals surface area (Å²) in [5.74, 6) is -1.32. The molecule has 0 aliphatic rings. The fourth-order valence-corrected chi connectivity index (χ4v) is 2.87. The highest BCUT2D eigenvalue weighted by atomic mass is 19.4. The quantitative estimate of drug-likeness (QED) is 0.614. The lowest BCUT2D eigenvalue weighted by Gasteiger charge is -2.15. The molecule has 0 radical (unpaired) electrons. The topological polar surface area (TPSA) is 86.0 Å². The van der Waals surface area contributed by atoms with Gasteiger partial charge < -0.3 is 5.32 Å². The molecule has 3 rings (SSSR count). The monoisotopic (exact) mass is 446 g/mol. The molecule has 0 fully saturated rings. The predicted molar refractivity (Wildman–Crippen MR) is 96.6 cm³/mol. The van der Waals surface area contributed by atoms with Crippen LogP contribution in [0.3, 0.4) is 0 Å². The van der Waals surface area contributed by atoms with E-state index in [0.29, 0.717) is 4.57 Å². The summed E-state index contributed by atoms with van der Waals surface area (Å²) in [5.41, 5.74) is -6.20. The average Bonchev–Trinajstić information content (AvgIpc) is 2.68. The van der Waals surface area contributed by atoms with Gasteiger partial charge in [-0.15, -0.1) is 0 Å². The van der Waals surface area contributed by atoms with Gasteiger partial charge in [0, 0.05) is 25.9 Å². The molecular formula is C18H12F6N4O3. The van der Waals surface area contributed by atoms with Crippen LogP contribution >= 0.6 is 0 Å². The van der Waals surface area contributed by atoms with Crippen molar-refractivity contribution in [2.75, 3.05) is 5.32 Å². The van der Waals surface area contributed by atoms with E-state index >= 15 is 0 Å². The van der Waals surface area contributed by atoms with Crippen LogP contribution in [0.2, 0.25) is 0 Å². The normalized spacial score (nSPS) is 12.3. The van der Waals surface area contributed by atoms with Crippen molar-refractivity contribution in [1.82, 2.24) is 14.1 Å². The van der Waals surface area contributed by atoms with Crippen LogP contribution < -0.4 is 16.6 Å². The third kappa shape index (κ3) is 4.02. The third-order valence-corrected chi connectivity index (χ3v) is 4.44. The van der Waals surface area contributed by atoms with E-state index in [-0.39, 0.29) is 34.9 Å². The molecule has 1 amide bonds. The number of amides is 1. The molecule has 2 heterocycles. The van der Waals surface area contributed by atoms with Gasteiger partial charge in [0.25, 0.3) is 11.5 Å². The zero-order valence-corrected chi connectivity index (χ0v) is 15.7. The van der Waals surface area contributed by atoms with Crippen LogP contribution in [0.1, 0.15) is 21.5 Å². The number of anilines is 1. The fraction of sp³-hybridized carbons (Fsp3) is 0.222. The van der Waals surface area contributed by atoms with Crippen molar-refractivity contribution in [3.63, 3.8) is 0 Å². The molecule has 0 spiro atoms. The van der Waals surface area contributed by atoms with Crippen LogP contribution in [0.5, 0.6) is 0 Å². The lowest BCUT2D eigenvalue weighted by Crippen LogP contribution is -2.37. The Labute approximate surface area is 168 Å². The highest BCUT2D eigenvalue weighted by Crippen LogP contribution is 2.36. The lowest BCUT2D eigenvalue weighted by molar-refractivity contribution is -0.143. The Bertz CT molecular complexity index is 1290. The van der Waals surface area contributed by atoms with E-state index in [4.69, 9.17) is 0 Å². The first-order chi connectivity index (χ1) is 14.2. The Morgan fingerprint density at radius 3 is 2.00 bits per heavy atom. The summed E-state index contributed by atoms with van der Waals surface area (Å²) in [6.45, 7) is 0. The van der Waals surface area contributed by atoms with E-state index in [0.717, 1.165) is 23.9 Å². The van der Waals surface area contributed by atoms with Crippen molar-refractivity contribution in [1.29, 1.82) is 0 Å². The highest BCUT2D eigenvalue weighted by Gasteiger charge is 2.37. The largest absolute Gasteiger partial charge is 0.416 e. The van der Waals surface area contributed by atoms with Gasteiger partial charge in [-0.2, -0.15) is 26.3 Å². The van der Waals surface area contributed by atoms with Crippen molar-refractivity contribution < 1.29 is 31.1 Å². The first kappa shape index (κ1) is 22.1. The number of rotatable bonds is 2. The number of pyridine rings is 1. The van der Waals surface area contributed by atoms with Crippen LogP contribution in [0.25, 0.3) is 11.0 Å². The smallest absolute Gasteiger partial charge is 0.321 e. The zero-order chi connectivity index (χ0) is 23.3. The second-order valence-corrected chi connectivity index (χ2v) is 6.51. The Hall–Kier alpha value is -3.64. The Balaban J connectivity index is 2.16. The third-order valence-electron chi connectivity index (χ3n) is 4.44. The maximum absolute atomic E-state index is 13.0. The van der Waals surface area contributed by atoms with E-state index in [1.165, 1.54) is 7.05 Å². The number of alkyl halides is 6. The number of fused-ring (bicyclic) bond motifs is 1.